The Bertz CT molecular complexity index is 373. The van der Waals surface area contributed by atoms with Crippen molar-refractivity contribution in [1.82, 2.24) is 4.90 Å². The first-order valence-corrected chi connectivity index (χ1v) is 7.83. The van der Waals surface area contributed by atoms with Gasteiger partial charge in [0.05, 0.1) is 5.75 Å². The Hall–Kier alpha value is -0.960. The van der Waals surface area contributed by atoms with Crippen LogP contribution >= 0.6 is 11.8 Å². The van der Waals surface area contributed by atoms with Gasteiger partial charge in [-0.2, -0.15) is 11.8 Å². The monoisotopic (exact) mass is 263 g/mol. The fraction of sp³-hybridized carbons (Fsp3) is 0.533. The predicted octanol–water partition coefficient (Wildman–Crippen LogP) is 3.15. The Balaban J connectivity index is 1.70. The summed E-state index contributed by atoms with van der Waals surface area (Å²) in [6.07, 6.45) is 2.35. The van der Waals surface area contributed by atoms with Crippen LogP contribution in [0, 0.1) is 0 Å². The molecule has 0 spiro atoms. The average molecular weight is 263 g/mol. The minimum absolute atomic E-state index is 0.317. The zero-order valence-electron chi connectivity index (χ0n) is 11.0. The van der Waals surface area contributed by atoms with Crippen LogP contribution < -0.4 is 0 Å². The number of amides is 1. The molecule has 0 N–H and O–H groups in total. The summed E-state index contributed by atoms with van der Waals surface area (Å²) in [5.74, 6) is 2.49. The number of rotatable bonds is 5. The van der Waals surface area contributed by atoms with Crippen LogP contribution in [0.4, 0.5) is 0 Å². The van der Waals surface area contributed by atoms with E-state index in [1.54, 1.807) is 11.8 Å². The number of benzene rings is 1. The van der Waals surface area contributed by atoms with Crippen LogP contribution in [0.5, 0.6) is 0 Å². The van der Waals surface area contributed by atoms with Gasteiger partial charge in [0.2, 0.25) is 5.91 Å². The summed E-state index contributed by atoms with van der Waals surface area (Å²) in [4.78, 5) is 13.9. The normalized spacial score (nSPS) is 16.8. The van der Waals surface area contributed by atoms with E-state index in [0.29, 0.717) is 17.6 Å². The highest BCUT2D eigenvalue weighted by molar-refractivity contribution is 7.99. The van der Waals surface area contributed by atoms with Gasteiger partial charge in [0.25, 0.3) is 0 Å². The van der Waals surface area contributed by atoms with Gasteiger partial charge in [0.1, 0.15) is 0 Å². The third-order valence-corrected chi connectivity index (χ3v) is 4.61. The van der Waals surface area contributed by atoms with Gasteiger partial charge in [-0.05, 0) is 24.3 Å². The zero-order valence-corrected chi connectivity index (χ0v) is 11.8. The van der Waals surface area contributed by atoms with Crippen LogP contribution in [0.15, 0.2) is 30.3 Å². The van der Waals surface area contributed by atoms with Gasteiger partial charge < -0.3 is 4.90 Å². The van der Waals surface area contributed by atoms with Crippen molar-refractivity contribution in [2.24, 2.45) is 0 Å². The first-order valence-electron chi connectivity index (χ1n) is 6.68. The highest BCUT2D eigenvalue weighted by atomic mass is 32.2. The summed E-state index contributed by atoms with van der Waals surface area (Å²) in [7, 11) is 0. The molecule has 1 atom stereocenters. The number of thioether (sulfide) groups is 1. The Morgan fingerprint density at radius 1 is 1.28 bits per heavy atom. The van der Waals surface area contributed by atoms with Gasteiger partial charge in [-0.3, -0.25) is 4.79 Å². The molecule has 1 aliphatic heterocycles. The minimum Gasteiger partial charge on any atom is -0.342 e. The number of hydrogen-bond acceptors (Lipinski definition) is 2. The molecule has 0 aromatic heterocycles. The molecule has 98 valence electrons. The molecule has 1 aliphatic rings. The van der Waals surface area contributed by atoms with Crippen molar-refractivity contribution in [3.63, 3.8) is 0 Å². The molecule has 0 bridgehead atoms. The molecule has 1 amide bonds. The molecule has 2 nitrogen and oxygen atoms in total. The highest BCUT2D eigenvalue weighted by Crippen LogP contribution is 2.20. The SMILES string of the molecule is C[C@@H](CSCC(=O)N1CCCC1)c1ccccc1. The molecular formula is C15H21NOS. The lowest BCUT2D eigenvalue weighted by atomic mass is 10.0. The zero-order chi connectivity index (χ0) is 12.8. The quantitative estimate of drug-likeness (QED) is 0.813. The molecule has 1 heterocycles. The van der Waals surface area contributed by atoms with Crippen LogP contribution in [0.2, 0.25) is 0 Å². The van der Waals surface area contributed by atoms with Crippen molar-refractivity contribution in [3.05, 3.63) is 35.9 Å². The van der Waals surface area contributed by atoms with Crippen molar-refractivity contribution >= 4 is 17.7 Å². The molecule has 2 rings (SSSR count). The number of carbonyl (C=O) groups excluding carboxylic acids is 1. The second kappa shape index (κ2) is 6.83. The Labute approximate surface area is 114 Å². The van der Waals surface area contributed by atoms with Gasteiger partial charge in [0, 0.05) is 18.8 Å². The molecule has 0 unspecified atom stereocenters. The lowest BCUT2D eigenvalue weighted by Gasteiger charge is -2.16. The summed E-state index contributed by atoms with van der Waals surface area (Å²) in [5.41, 5.74) is 1.36. The van der Waals surface area contributed by atoms with Crippen LogP contribution in [0.3, 0.4) is 0 Å². The van der Waals surface area contributed by atoms with E-state index in [1.165, 1.54) is 18.4 Å². The van der Waals surface area contributed by atoms with E-state index >= 15 is 0 Å². The molecule has 1 aromatic carbocycles. The largest absolute Gasteiger partial charge is 0.342 e. The maximum Gasteiger partial charge on any atom is 0.232 e. The molecule has 0 aliphatic carbocycles. The molecule has 18 heavy (non-hydrogen) atoms. The van der Waals surface area contributed by atoms with Crippen LogP contribution in [0.1, 0.15) is 31.2 Å². The van der Waals surface area contributed by atoms with Gasteiger partial charge in [-0.25, -0.2) is 0 Å². The lowest BCUT2D eigenvalue weighted by molar-refractivity contribution is -0.127. The smallest absolute Gasteiger partial charge is 0.232 e. The summed E-state index contributed by atoms with van der Waals surface area (Å²) in [6, 6.07) is 10.5. The molecule has 0 saturated carbocycles. The summed E-state index contributed by atoms with van der Waals surface area (Å²) in [5, 5.41) is 0. The summed E-state index contributed by atoms with van der Waals surface area (Å²) in [6.45, 7) is 4.16. The van der Waals surface area contributed by atoms with E-state index in [-0.39, 0.29) is 0 Å². The summed E-state index contributed by atoms with van der Waals surface area (Å²) >= 11 is 1.76. The fourth-order valence-corrected chi connectivity index (χ4v) is 3.28. The van der Waals surface area contributed by atoms with Gasteiger partial charge in [-0.15, -0.1) is 0 Å². The first-order chi connectivity index (χ1) is 8.77. The van der Waals surface area contributed by atoms with E-state index in [2.05, 4.69) is 31.2 Å². The molecule has 1 aromatic rings. The Morgan fingerprint density at radius 3 is 2.61 bits per heavy atom. The third kappa shape index (κ3) is 3.77. The second-order valence-corrected chi connectivity index (χ2v) is 5.95. The van der Waals surface area contributed by atoms with E-state index in [9.17, 15) is 4.79 Å². The highest BCUT2D eigenvalue weighted by Gasteiger charge is 2.17. The van der Waals surface area contributed by atoms with E-state index in [4.69, 9.17) is 0 Å². The molecule has 3 heteroatoms. The van der Waals surface area contributed by atoms with Crippen molar-refractivity contribution in [3.8, 4) is 0 Å². The first kappa shape index (κ1) is 13.5. The number of nitrogens with zero attached hydrogens (tertiary/aromatic N) is 1. The van der Waals surface area contributed by atoms with Crippen molar-refractivity contribution in [1.29, 1.82) is 0 Å². The lowest BCUT2D eigenvalue weighted by Crippen LogP contribution is -2.29. The van der Waals surface area contributed by atoms with Crippen molar-refractivity contribution in [2.45, 2.75) is 25.7 Å². The van der Waals surface area contributed by atoms with Crippen LogP contribution in [-0.2, 0) is 4.79 Å². The van der Waals surface area contributed by atoms with Gasteiger partial charge in [-0.1, -0.05) is 37.3 Å². The number of hydrogen-bond donors (Lipinski definition) is 0. The number of carbonyl (C=O) groups is 1. The third-order valence-electron chi connectivity index (χ3n) is 3.42. The Morgan fingerprint density at radius 2 is 1.94 bits per heavy atom. The maximum atomic E-state index is 11.9. The van der Waals surface area contributed by atoms with Gasteiger partial charge in [0.15, 0.2) is 0 Å². The van der Waals surface area contributed by atoms with Gasteiger partial charge >= 0.3 is 0 Å². The van der Waals surface area contributed by atoms with Crippen LogP contribution in [-0.4, -0.2) is 35.4 Å². The average Bonchev–Trinajstić information content (AvgIpc) is 2.93. The molecule has 1 saturated heterocycles. The van der Waals surface area contributed by atoms with Crippen molar-refractivity contribution < 1.29 is 4.79 Å². The fourth-order valence-electron chi connectivity index (χ4n) is 2.26. The Kier molecular flexibility index (Phi) is 5.12. The van der Waals surface area contributed by atoms with E-state index in [0.717, 1.165) is 18.8 Å². The van der Waals surface area contributed by atoms with Crippen LogP contribution in [0.25, 0.3) is 0 Å². The predicted molar refractivity (Wildman–Crippen MR) is 78.0 cm³/mol. The number of likely N-dealkylation sites (tertiary alicyclic amines) is 1. The molecule has 1 fully saturated rings. The maximum absolute atomic E-state index is 11.9. The topological polar surface area (TPSA) is 20.3 Å². The van der Waals surface area contributed by atoms with Crippen molar-refractivity contribution in [2.75, 3.05) is 24.6 Å². The summed E-state index contributed by atoms with van der Waals surface area (Å²) < 4.78 is 0. The van der Waals surface area contributed by atoms with E-state index in [1.807, 2.05) is 11.0 Å². The van der Waals surface area contributed by atoms with E-state index < -0.39 is 0 Å². The standard InChI is InChI=1S/C15H21NOS/c1-13(14-7-3-2-4-8-14)11-18-12-15(17)16-9-5-6-10-16/h2-4,7-8,13H,5-6,9-12H2,1H3/t13-/m0/s1. The minimum atomic E-state index is 0.317. The molecule has 0 radical (unpaired) electrons. The molecular weight excluding hydrogens is 242 g/mol. The second-order valence-electron chi connectivity index (χ2n) is 4.91.